The van der Waals surface area contributed by atoms with Crippen molar-refractivity contribution in [2.24, 2.45) is 5.92 Å². The predicted molar refractivity (Wildman–Crippen MR) is 195 cm³/mol. The van der Waals surface area contributed by atoms with E-state index in [9.17, 15) is 53.9 Å². The van der Waals surface area contributed by atoms with E-state index in [0.29, 0.717) is 46.0 Å². The van der Waals surface area contributed by atoms with Gasteiger partial charge in [-0.1, -0.05) is 25.0 Å². The molecule has 1 aromatic heterocycles. The van der Waals surface area contributed by atoms with Crippen molar-refractivity contribution in [2.75, 3.05) is 13.7 Å². The molecule has 4 aliphatic rings. The number of sulfonamides is 1. The number of carbonyl (C=O) groups is 4. The molecule has 2 aliphatic heterocycles. The third kappa shape index (κ3) is 9.15. The highest BCUT2D eigenvalue weighted by Gasteiger charge is 2.63. The van der Waals surface area contributed by atoms with Gasteiger partial charge < -0.3 is 29.7 Å². The molecule has 4 amide bonds. The van der Waals surface area contributed by atoms with E-state index >= 15 is 0 Å². The zero-order chi connectivity index (χ0) is 43.3. The first-order chi connectivity index (χ1) is 27.4. The van der Waals surface area contributed by atoms with Crippen molar-refractivity contribution in [1.29, 1.82) is 0 Å². The van der Waals surface area contributed by atoms with E-state index in [2.05, 4.69) is 30.1 Å². The minimum atomic E-state index is -5.09. The number of benzene rings is 1. The van der Waals surface area contributed by atoms with E-state index in [4.69, 9.17) is 9.47 Å². The molecule has 2 saturated carbocycles. The number of hydrogen-bond donors (Lipinski definition) is 3. The van der Waals surface area contributed by atoms with Crippen LogP contribution in [0.15, 0.2) is 30.4 Å². The first-order valence-electron chi connectivity index (χ1n) is 18.9. The zero-order valence-electron chi connectivity index (χ0n) is 32.5. The highest BCUT2D eigenvalue weighted by Crippen LogP contribution is 2.48. The van der Waals surface area contributed by atoms with Gasteiger partial charge in [0.05, 0.1) is 29.4 Å². The number of rotatable bonds is 8. The Morgan fingerprint density at radius 3 is 2.37 bits per heavy atom. The Kier molecular flexibility index (Phi) is 11.6. The lowest BCUT2D eigenvalue weighted by atomic mass is 10.0. The molecule has 15 nitrogen and oxygen atoms in total. The number of alkyl halides is 6. The SMILES string of the molecule is COc1ccc2nc(C(F)(F)F)c(O[C@@H]3C[C@H]4C(=O)N[C@]5(C(=O)NS(=O)(=O)C6(C)CC6)CC5/C=C\CCCCC[C@H](NC(=O)OC(C)(C)C(F)(F)F)C(=O)N4C3)nc2c1. The molecule has 1 aromatic carbocycles. The third-order valence-corrected chi connectivity index (χ3v) is 13.3. The van der Waals surface area contributed by atoms with E-state index < -0.39 is 111 Å². The number of ether oxygens (including phenoxy) is 3. The number of methoxy groups -OCH3 is 1. The number of nitrogens with zero attached hydrogens (tertiary/aromatic N) is 3. The summed E-state index contributed by atoms with van der Waals surface area (Å²) in [6.45, 7) is 2.08. The number of amides is 4. The van der Waals surface area contributed by atoms with Crippen LogP contribution in [-0.4, -0.2) is 101 Å². The second-order valence-corrected chi connectivity index (χ2v) is 18.2. The van der Waals surface area contributed by atoms with Crippen molar-refractivity contribution in [3.8, 4) is 11.6 Å². The van der Waals surface area contributed by atoms with Gasteiger partial charge in [-0.25, -0.2) is 23.2 Å². The maximum atomic E-state index is 14.4. The molecule has 324 valence electrons. The van der Waals surface area contributed by atoms with Crippen molar-refractivity contribution in [3.05, 3.63) is 36.0 Å². The van der Waals surface area contributed by atoms with Crippen LogP contribution < -0.4 is 24.8 Å². The second kappa shape index (κ2) is 15.6. The third-order valence-electron chi connectivity index (χ3n) is 11.2. The van der Waals surface area contributed by atoms with Gasteiger partial charge in [-0.3, -0.25) is 19.1 Å². The van der Waals surface area contributed by atoms with Crippen LogP contribution in [-0.2, 0) is 35.3 Å². The Morgan fingerprint density at radius 2 is 1.73 bits per heavy atom. The van der Waals surface area contributed by atoms with Crippen LogP contribution in [0.5, 0.6) is 11.6 Å². The molecule has 2 aliphatic carbocycles. The summed E-state index contributed by atoms with van der Waals surface area (Å²) in [5, 5.41) is 4.79. The summed E-state index contributed by atoms with van der Waals surface area (Å²) >= 11 is 0. The Hall–Kier alpha value is -4.89. The molecule has 3 heterocycles. The van der Waals surface area contributed by atoms with Crippen LogP contribution in [0.1, 0.15) is 84.3 Å². The monoisotopic (exact) mass is 862 g/mol. The largest absolute Gasteiger partial charge is 0.497 e. The number of carbonyl (C=O) groups excluding carboxylic acids is 4. The normalized spacial score (nSPS) is 26.9. The van der Waals surface area contributed by atoms with Gasteiger partial charge in [0.1, 0.15) is 29.5 Å². The Labute approximate surface area is 335 Å². The molecule has 1 saturated heterocycles. The quantitative estimate of drug-likeness (QED) is 0.243. The molecule has 0 radical (unpaired) electrons. The number of alkyl carbamates (subject to hydrolysis) is 1. The highest BCUT2D eigenvalue weighted by atomic mass is 32.2. The topological polar surface area (TPSA) is 195 Å². The van der Waals surface area contributed by atoms with Gasteiger partial charge in [0.15, 0.2) is 0 Å². The lowest BCUT2D eigenvalue weighted by Gasteiger charge is -2.31. The van der Waals surface area contributed by atoms with Crippen molar-refractivity contribution in [2.45, 2.75) is 125 Å². The van der Waals surface area contributed by atoms with E-state index in [1.807, 2.05) is 0 Å². The maximum absolute atomic E-state index is 14.4. The highest BCUT2D eigenvalue weighted by molar-refractivity contribution is 7.91. The van der Waals surface area contributed by atoms with Gasteiger partial charge in [-0.05, 0) is 71.4 Å². The Morgan fingerprint density at radius 1 is 1.02 bits per heavy atom. The van der Waals surface area contributed by atoms with Crippen LogP contribution in [0.4, 0.5) is 31.1 Å². The molecule has 1 unspecified atom stereocenters. The van der Waals surface area contributed by atoms with Gasteiger partial charge in [0, 0.05) is 18.4 Å². The van der Waals surface area contributed by atoms with Crippen LogP contribution in [0.2, 0.25) is 0 Å². The lowest BCUT2D eigenvalue weighted by Crippen LogP contribution is -2.59. The fourth-order valence-corrected chi connectivity index (χ4v) is 8.29. The zero-order valence-corrected chi connectivity index (χ0v) is 33.3. The van der Waals surface area contributed by atoms with Crippen molar-refractivity contribution in [1.82, 2.24) is 30.2 Å². The first-order valence-corrected chi connectivity index (χ1v) is 20.4. The molecular formula is C37H44F6N6O9S. The molecule has 0 bridgehead atoms. The molecule has 0 spiro atoms. The van der Waals surface area contributed by atoms with E-state index in [1.54, 1.807) is 12.2 Å². The molecule has 3 N–H and O–H groups in total. The summed E-state index contributed by atoms with van der Waals surface area (Å²) in [5.74, 6) is -4.46. The number of hydrogen-bond acceptors (Lipinski definition) is 11. The fourth-order valence-electron chi connectivity index (χ4n) is 6.98. The Balaban J connectivity index is 1.35. The van der Waals surface area contributed by atoms with Crippen molar-refractivity contribution < 1.29 is 68.1 Å². The number of aromatic nitrogens is 2. The van der Waals surface area contributed by atoms with Gasteiger partial charge in [0.2, 0.25) is 39.0 Å². The minimum absolute atomic E-state index is 0.0238. The molecular weight excluding hydrogens is 818 g/mol. The van der Waals surface area contributed by atoms with Crippen LogP contribution >= 0.6 is 0 Å². The first kappa shape index (κ1) is 43.7. The predicted octanol–water partition coefficient (Wildman–Crippen LogP) is 4.83. The van der Waals surface area contributed by atoms with E-state index in [0.717, 1.165) is 4.90 Å². The number of nitrogens with one attached hydrogen (secondary N) is 3. The minimum Gasteiger partial charge on any atom is -0.497 e. The average Bonchev–Trinajstić information content (AvgIpc) is 4.02. The summed E-state index contributed by atoms with van der Waals surface area (Å²) in [4.78, 5) is 64.0. The molecule has 3 fully saturated rings. The standard InChI is InChI=1S/C37H44F6N6O9S/c1-33(2,37(41,42)43)58-32(53)46-24-11-9-7-5-6-8-10-20-18-35(20,31(52)48-59(54,55)34(3)14-15-34)47-28(50)26-17-22(19-49(26)30(24)51)57-29-27(36(38,39)40)44-23-13-12-21(56-4)16-25(23)45-29/h8,10,12-13,16,20,22,24,26H,5-7,9,11,14-15,17-19H2,1-4H3,(H,46,53)(H,47,50)(H,48,52)/b10-8-/t20?,22-,24+,26+,35-/m1/s1. The number of allylic oxidation sites excluding steroid dienone is 1. The molecule has 2 aromatic rings. The van der Waals surface area contributed by atoms with Gasteiger partial charge in [-0.2, -0.15) is 26.3 Å². The Bertz CT molecular complexity index is 2150. The maximum Gasteiger partial charge on any atom is 0.438 e. The lowest BCUT2D eigenvalue weighted by molar-refractivity contribution is -0.244. The van der Waals surface area contributed by atoms with Gasteiger partial charge in [0.25, 0.3) is 5.91 Å². The van der Waals surface area contributed by atoms with Gasteiger partial charge >= 0.3 is 18.4 Å². The molecule has 6 rings (SSSR count). The van der Waals surface area contributed by atoms with E-state index in [-0.39, 0.29) is 36.0 Å². The molecule has 5 atom stereocenters. The summed E-state index contributed by atoms with van der Waals surface area (Å²) in [6.07, 6.45) is -7.97. The number of halogens is 6. The van der Waals surface area contributed by atoms with Crippen LogP contribution in [0.25, 0.3) is 11.0 Å². The smallest absolute Gasteiger partial charge is 0.438 e. The van der Waals surface area contributed by atoms with Crippen molar-refractivity contribution >= 4 is 44.9 Å². The van der Waals surface area contributed by atoms with E-state index in [1.165, 1.54) is 32.2 Å². The average molecular weight is 863 g/mol. The van der Waals surface area contributed by atoms with Crippen LogP contribution in [0, 0.1) is 5.92 Å². The van der Waals surface area contributed by atoms with Crippen LogP contribution in [0.3, 0.4) is 0 Å². The summed E-state index contributed by atoms with van der Waals surface area (Å²) in [6, 6.07) is 0.750. The molecule has 59 heavy (non-hydrogen) atoms. The second-order valence-electron chi connectivity index (χ2n) is 16.0. The summed E-state index contributed by atoms with van der Waals surface area (Å²) in [5.41, 5.74) is -6.48. The number of fused-ring (bicyclic) bond motifs is 3. The van der Waals surface area contributed by atoms with Crippen molar-refractivity contribution in [3.63, 3.8) is 0 Å². The summed E-state index contributed by atoms with van der Waals surface area (Å²) < 4.78 is 127. The summed E-state index contributed by atoms with van der Waals surface area (Å²) in [7, 11) is -2.84. The molecule has 22 heteroatoms. The van der Waals surface area contributed by atoms with Gasteiger partial charge in [-0.15, -0.1) is 0 Å². The fraction of sp³-hybridized carbons (Fsp3) is 0.622.